The van der Waals surface area contributed by atoms with E-state index in [1.807, 2.05) is 54.6 Å². The van der Waals surface area contributed by atoms with E-state index in [1.165, 1.54) is 0 Å². The lowest BCUT2D eigenvalue weighted by atomic mass is 9.94. The van der Waals surface area contributed by atoms with Gasteiger partial charge < -0.3 is 10.1 Å². The number of para-hydroxylation sites is 1. The van der Waals surface area contributed by atoms with Crippen LogP contribution in [0.1, 0.15) is 35.7 Å². The largest absolute Gasteiger partial charge is 0.376 e. The lowest BCUT2D eigenvalue weighted by molar-refractivity contribution is 0.0858. The van der Waals surface area contributed by atoms with Crippen LogP contribution in [0.3, 0.4) is 0 Å². The van der Waals surface area contributed by atoms with Gasteiger partial charge in [-0.2, -0.15) is 0 Å². The zero-order valence-corrected chi connectivity index (χ0v) is 15.6. The van der Waals surface area contributed by atoms with Gasteiger partial charge in [-0.1, -0.05) is 55.5 Å². The molecule has 1 aromatic heterocycles. The first-order chi connectivity index (χ1) is 13.3. The first-order valence-corrected chi connectivity index (χ1v) is 9.64. The van der Waals surface area contributed by atoms with Crippen LogP contribution in [0.15, 0.2) is 54.6 Å². The fraction of sp³-hybridized carbons (Fsp3) is 0.304. The van der Waals surface area contributed by atoms with Gasteiger partial charge in [0.1, 0.15) is 0 Å². The molecule has 1 aliphatic rings. The number of benzene rings is 2. The lowest BCUT2D eigenvalue weighted by Gasteiger charge is -2.17. The number of nitrogens with zero attached hydrogens (tertiary/aromatic N) is 1. The van der Waals surface area contributed by atoms with Crippen molar-refractivity contribution in [3.05, 3.63) is 65.7 Å². The average molecular weight is 360 g/mol. The molecule has 1 saturated heterocycles. The van der Waals surface area contributed by atoms with E-state index in [-0.39, 0.29) is 12.0 Å². The average Bonchev–Trinajstić information content (AvgIpc) is 3.25. The number of rotatable bonds is 5. The molecule has 1 fully saturated rings. The summed E-state index contributed by atoms with van der Waals surface area (Å²) in [7, 11) is 0. The Kier molecular flexibility index (Phi) is 5.16. The smallest absolute Gasteiger partial charge is 0.252 e. The van der Waals surface area contributed by atoms with Crippen molar-refractivity contribution in [3.8, 4) is 11.3 Å². The zero-order valence-electron chi connectivity index (χ0n) is 15.6. The van der Waals surface area contributed by atoms with Crippen molar-refractivity contribution >= 4 is 16.8 Å². The number of fused-ring (bicyclic) bond motifs is 1. The summed E-state index contributed by atoms with van der Waals surface area (Å²) in [6, 6.07) is 18.0. The van der Waals surface area contributed by atoms with E-state index in [1.54, 1.807) is 0 Å². The highest BCUT2D eigenvalue weighted by Gasteiger charge is 2.22. The second kappa shape index (κ2) is 7.89. The molecule has 138 valence electrons. The van der Waals surface area contributed by atoms with Crippen molar-refractivity contribution in [2.24, 2.45) is 0 Å². The Balaban J connectivity index is 1.80. The van der Waals surface area contributed by atoms with E-state index in [0.717, 1.165) is 59.2 Å². The van der Waals surface area contributed by atoms with Gasteiger partial charge in [0.2, 0.25) is 0 Å². The first kappa shape index (κ1) is 17.7. The van der Waals surface area contributed by atoms with Gasteiger partial charge in [0, 0.05) is 24.1 Å². The minimum Gasteiger partial charge on any atom is -0.376 e. The molecule has 1 aliphatic heterocycles. The Labute approximate surface area is 159 Å². The molecule has 2 heterocycles. The molecule has 4 heteroatoms. The van der Waals surface area contributed by atoms with Crippen LogP contribution in [0.4, 0.5) is 0 Å². The summed E-state index contributed by atoms with van der Waals surface area (Å²) < 4.78 is 5.65. The standard InChI is InChI=1S/C23H24N2O2/c1-2-18-21(23(26)24-15-17-11-8-14-27-17)19-12-6-7-13-20(19)25-22(18)16-9-4-3-5-10-16/h3-7,9-10,12-13,17H,2,8,11,14-15H2,1H3,(H,24,26)/t17-/m1/s1. The summed E-state index contributed by atoms with van der Waals surface area (Å²) in [5, 5.41) is 4.00. The van der Waals surface area contributed by atoms with Crippen LogP contribution in [0, 0.1) is 0 Å². The predicted octanol–water partition coefficient (Wildman–Crippen LogP) is 4.37. The van der Waals surface area contributed by atoms with Crippen LogP contribution in [0.2, 0.25) is 0 Å². The molecule has 0 aliphatic carbocycles. The molecular weight excluding hydrogens is 336 g/mol. The van der Waals surface area contributed by atoms with Gasteiger partial charge >= 0.3 is 0 Å². The molecule has 0 bridgehead atoms. The highest BCUT2D eigenvalue weighted by Crippen LogP contribution is 2.30. The Morgan fingerprint density at radius 3 is 2.67 bits per heavy atom. The van der Waals surface area contributed by atoms with E-state index in [9.17, 15) is 4.79 Å². The van der Waals surface area contributed by atoms with Crippen molar-refractivity contribution in [2.75, 3.05) is 13.2 Å². The fourth-order valence-corrected chi connectivity index (χ4v) is 3.79. The topological polar surface area (TPSA) is 51.2 Å². The van der Waals surface area contributed by atoms with Crippen molar-refractivity contribution in [2.45, 2.75) is 32.3 Å². The van der Waals surface area contributed by atoms with Gasteiger partial charge in [0.15, 0.2) is 0 Å². The van der Waals surface area contributed by atoms with Gasteiger partial charge in [0.25, 0.3) is 5.91 Å². The molecule has 0 unspecified atom stereocenters. The second-order valence-corrected chi connectivity index (χ2v) is 6.90. The van der Waals surface area contributed by atoms with Crippen LogP contribution in [0.5, 0.6) is 0 Å². The van der Waals surface area contributed by atoms with Gasteiger partial charge in [-0.15, -0.1) is 0 Å². The van der Waals surface area contributed by atoms with Crippen LogP contribution in [-0.4, -0.2) is 30.1 Å². The summed E-state index contributed by atoms with van der Waals surface area (Å²) >= 11 is 0. The van der Waals surface area contributed by atoms with Crippen molar-refractivity contribution in [1.29, 1.82) is 0 Å². The third-order valence-corrected chi connectivity index (χ3v) is 5.14. The predicted molar refractivity (Wildman–Crippen MR) is 108 cm³/mol. The van der Waals surface area contributed by atoms with E-state index < -0.39 is 0 Å². The van der Waals surface area contributed by atoms with Gasteiger partial charge in [-0.05, 0) is 30.9 Å². The third-order valence-electron chi connectivity index (χ3n) is 5.14. The molecule has 0 spiro atoms. The SMILES string of the molecule is CCc1c(-c2ccccc2)nc2ccccc2c1C(=O)NC[C@H]1CCCO1. The minimum atomic E-state index is -0.0434. The Morgan fingerprint density at radius 1 is 1.15 bits per heavy atom. The summed E-state index contributed by atoms with van der Waals surface area (Å²) in [6.07, 6.45) is 2.94. The molecule has 0 radical (unpaired) electrons. The maximum Gasteiger partial charge on any atom is 0.252 e. The van der Waals surface area contributed by atoms with Crippen molar-refractivity contribution in [1.82, 2.24) is 10.3 Å². The molecule has 3 aromatic rings. The number of pyridine rings is 1. The van der Waals surface area contributed by atoms with Gasteiger partial charge in [-0.3, -0.25) is 4.79 Å². The lowest BCUT2D eigenvalue weighted by Crippen LogP contribution is -2.32. The molecule has 1 atom stereocenters. The first-order valence-electron chi connectivity index (χ1n) is 9.64. The zero-order chi connectivity index (χ0) is 18.6. The van der Waals surface area contributed by atoms with Crippen LogP contribution in [-0.2, 0) is 11.2 Å². The molecule has 1 amide bonds. The Bertz CT molecular complexity index is 947. The second-order valence-electron chi connectivity index (χ2n) is 6.90. The summed E-state index contributed by atoms with van der Waals surface area (Å²) in [4.78, 5) is 18.1. The quantitative estimate of drug-likeness (QED) is 0.735. The number of carbonyl (C=O) groups excluding carboxylic acids is 1. The monoisotopic (exact) mass is 360 g/mol. The molecule has 4 nitrogen and oxygen atoms in total. The maximum absolute atomic E-state index is 13.2. The number of amides is 1. The van der Waals surface area contributed by atoms with Crippen molar-refractivity contribution in [3.63, 3.8) is 0 Å². The molecule has 0 saturated carbocycles. The summed E-state index contributed by atoms with van der Waals surface area (Å²) in [5.41, 5.74) is 4.49. The number of nitrogens with one attached hydrogen (secondary N) is 1. The summed E-state index contributed by atoms with van der Waals surface area (Å²) in [5.74, 6) is -0.0434. The number of hydrogen-bond donors (Lipinski definition) is 1. The molecule has 2 aromatic carbocycles. The normalized spacial score (nSPS) is 16.6. The molecular formula is C23H24N2O2. The Morgan fingerprint density at radius 2 is 1.93 bits per heavy atom. The van der Waals surface area contributed by atoms with Crippen molar-refractivity contribution < 1.29 is 9.53 Å². The van der Waals surface area contributed by atoms with Crippen LogP contribution >= 0.6 is 0 Å². The third kappa shape index (κ3) is 3.58. The van der Waals surface area contributed by atoms with Gasteiger partial charge in [0.05, 0.1) is 22.9 Å². The van der Waals surface area contributed by atoms with E-state index in [0.29, 0.717) is 6.54 Å². The Hall–Kier alpha value is -2.72. The maximum atomic E-state index is 13.2. The highest BCUT2D eigenvalue weighted by atomic mass is 16.5. The molecule has 27 heavy (non-hydrogen) atoms. The van der Waals surface area contributed by atoms with Gasteiger partial charge in [-0.25, -0.2) is 4.98 Å². The number of aromatic nitrogens is 1. The molecule has 4 rings (SSSR count). The number of ether oxygens (including phenoxy) is 1. The number of hydrogen-bond acceptors (Lipinski definition) is 3. The highest BCUT2D eigenvalue weighted by molar-refractivity contribution is 6.09. The minimum absolute atomic E-state index is 0.0434. The van der Waals surface area contributed by atoms with Crippen LogP contribution < -0.4 is 5.32 Å². The summed E-state index contributed by atoms with van der Waals surface area (Å²) in [6.45, 7) is 3.42. The van der Waals surface area contributed by atoms with E-state index in [2.05, 4.69) is 12.2 Å². The van der Waals surface area contributed by atoms with E-state index in [4.69, 9.17) is 9.72 Å². The fourth-order valence-electron chi connectivity index (χ4n) is 3.79. The number of carbonyl (C=O) groups is 1. The molecule has 1 N–H and O–H groups in total. The van der Waals surface area contributed by atoms with E-state index >= 15 is 0 Å². The van der Waals surface area contributed by atoms with Crippen LogP contribution in [0.25, 0.3) is 22.2 Å².